The molecule has 0 saturated carbocycles. The molecule has 2 aromatic rings. The van der Waals surface area contributed by atoms with Crippen LogP contribution in [0, 0.1) is 0 Å². The molecule has 0 aliphatic rings. The Labute approximate surface area is 126 Å². The Morgan fingerprint density at radius 1 is 1.29 bits per heavy atom. The first-order chi connectivity index (χ1) is 10.2. The third kappa shape index (κ3) is 3.57. The van der Waals surface area contributed by atoms with Gasteiger partial charge >= 0.3 is 0 Å². The van der Waals surface area contributed by atoms with Gasteiger partial charge in [-0.15, -0.1) is 16.7 Å². The van der Waals surface area contributed by atoms with E-state index in [4.69, 9.17) is 11.6 Å². The van der Waals surface area contributed by atoms with E-state index in [9.17, 15) is 9.59 Å². The summed E-state index contributed by atoms with van der Waals surface area (Å²) in [6, 6.07) is 9.51. The fourth-order valence-electron chi connectivity index (χ4n) is 1.74. The van der Waals surface area contributed by atoms with Crippen LogP contribution < -0.4 is 10.6 Å². The van der Waals surface area contributed by atoms with Crippen LogP contribution in [0.25, 0.3) is 0 Å². The molecule has 0 radical (unpaired) electrons. The molecular weight excluding hydrogens is 294 g/mol. The van der Waals surface area contributed by atoms with Gasteiger partial charge in [0.15, 0.2) is 11.5 Å². The lowest BCUT2D eigenvalue weighted by atomic mass is 10.2. The fourth-order valence-corrected chi connectivity index (χ4v) is 1.81. The molecular formula is C13H14ClN5O2. The summed E-state index contributed by atoms with van der Waals surface area (Å²) in [5.41, 5.74) is 1.01. The second kappa shape index (κ2) is 6.85. The number of rotatable bonds is 5. The number of hydrogen-bond donors (Lipinski definition) is 2. The average molecular weight is 308 g/mol. The third-order valence-corrected chi connectivity index (χ3v) is 2.97. The molecule has 0 aliphatic carbocycles. The molecule has 2 rings (SSSR count). The molecule has 1 heterocycles. The van der Waals surface area contributed by atoms with Gasteiger partial charge in [-0.1, -0.05) is 35.5 Å². The first-order valence-electron chi connectivity index (χ1n) is 6.21. The zero-order valence-electron chi connectivity index (χ0n) is 11.3. The predicted octanol–water partition coefficient (Wildman–Crippen LogP) is 0.863. The summed E-state index contributed by atoms with van der Waals surface area (Å²) in [6.45, 7) is 0.378. The Balaban J connectivity index is 2.34. The Kier molecular flexibility index (Phi) is 4.89. The number of carbonyl (C=O) groups excluding carboxylic acids is 2. The highest BCUT2D eigenvalue weighted by molar-refractivity contribution is 6.29. The van der Waals surface area contributed by atoms with Crippen molar-refractivity contribution in [1.82, 2.24) is 20.3 Å². The van der Waals surface area contributed by atoms with Crippen LogP contribution in [0.5, 0.6) is 0 Å². The van der Waals surface area contributed by atoms with Crippen molar-refractivity contribution >= 4 is 29.2 Å². The molecule has 2 N–H and O–H groups in total. The fraction of sp³-hybridized carbons (Fsp3) is 0.231. The van der Waals surface area contributed by atoms with E-state index in [1.807, 2.05) is 30.3 Å². The van der Waals surface area contributed by atoms with E-state index in [0.29, 0.717) is 6.54 Å². The summed E-state index contributed by atoms with van der Waals surface area (Å²) in [5, 5.41) is 12.7. The monoisotopic (exact) mass is 307 g/mol. The summed E-state index contributed by atoms with van der Waals surface area (Å²) in [7, 11) is 1.48. The molecule has 0 unspecified atom stereocenters. The second-order valence-electron chi connectivity index (χ2n) is 4.19. The lowest BCUT2D eigenvalue weighted by molar-refractivity contribution is -0.114. The molecule has 0 aliphatic heterocycles. The van der Waals surface area contributed by atoms with E-state index in [2.05, 4.69) is 20.9 Å². The van der Waals surface area contributed by atoms with Gasteiger partial charge in [-0.3, -0.25) is 9.59 Å². The highest BCUT2D eigenvalue weighted by Crippen LogP contribution is 2.15. The lowest BCUT2D eigenvalue weighted by Gasteiger charge is -2.08. The van der Waals surface area contributed by atoms with Crippen LogP contribution >= 0.6 is 11.6 Å². The molecule has 0 atom stereocenters. The summed E-state index contributed by atoms with van der Waals surface area (Å²) in [4.78, 5) is 23.3. The van der Waals surface area contributed by atoms with E-state index in [-0.39, 0.29) is 17.4 Å². The summed E-state index contributed by atoms with van der Waals surface area (Å²) in [5.74, 6) is -0.856. The molecule has 0 saturated heterocycles. The molecule has 1 aromatic heterocycles. The molecule has 110 valence electrons. The van der Waals surface area contributed by atoms with E-state index in [1.54, 1.807) is 0 Å². The Hall–Kier alpha value is -2.41. The van der Waals surface area contributed by atoms with Crippen LogP contribution in [0.2, 0.25) is 0 Å². The largest absolute Gasteiger partial charge is 0.354 e. The number of carbonyl (C=O) groups is 2. The van der Waals surface area contributed by atoms with Crippen molar-refractivity contribution in [2.45, 2.75) is 6.54 Å². The Morgan fingerprint density at radius 3 is 2.62 bits per heavy atom. The maximum absolute atomic E-state index is 11.8. The van der Waals surface area contributed by atoms with Crippen LogP contribution in [-0.4, -0.2) is 39.7 Å². The number of aromatic nitrogens is 3. The van der Waals surface area contributed by atoms with Crippen LogP contribution in [-0.2, 0) is 11.3 Å². The van der Waals surface area contributed by atoms with Gasteiger partial charge in [-0.25, -0.2) is 4.68 Å². The quantitative estimate of drug-likeness (QED) is 0.802. The Bertz CT molecular complexity index is 641. The highest BCUT2D eigenvalue weighted by atomic mass is 35.5. The number of hydrogen-bond acceptors (Lipinski definition) is 4. The summed E-state index contributed by atoms with van der Waals surface area (Å²) < 4.78 is 1.45. The molecule has 0 bridgehead atoms. The van der Waals surface area contributed by atoms with E-state index in [1.165, 1.54) is 11.7 Å². The summed E-state index contributed by atoms with van der Waals surface area (Å²) >= 11 is 5.48. The second-order valence-corrected chi connectivity index (χ2v) is 4.46. The maximum Gasteiger partial charge on any atom is 0.275 e. The van der Waals surface area contributed by atoms with Gasteiger partial charge in [0.25, 0.3) is 5.91 Å². The van der Waals surface area contributed by atoms with Crippen molar-refractivity contribution in [2.24, 2.45) is 0 Å². The summed E-state index contributed by atoms with van der Waals surface area (Å²) in [6.07, 6.45) is 0. The molecule has 2 amide bonds. The smallest absolute Gasteiger partial charge is 0.275 e. The maximum atomic E-state index is 11.8. The lowest BCUT2D eigenvalue weighted by Crippen LogP contribution is -2.23. The number of halogens is 1. The average Bonchev–Trinajstić information content (AvgIpc) is 2.90. The number of nitrogens with zero attached hydrogens (tertiary/aromatic N) is 3. The van der Waals surface area contributed by atoms with Crippen molar-refractivity contribution in [2.75, 3.05) is 18.2 Å². The van der Waals surface area contributed by atoms with E-state index in [0.717, 1.165) is 5.56 Å². The van der Waals surface area contributed by atoms with Crippen molar-refractivity contribution in [1.29, 1.82) is 0 Å². The molecule has 0 spiro atoms. The van der Waals surface area contributed by atoms with Crippen molar-refractivity contribution in [3.05, 3.63) is 41.6 Å². The number of benzene rings is 1. The van der Waals surface area contributed by atoms with Crippen LogP contribution in [0.1, 0.15) is 16.1 Å². The number of alkyl halides is 1. The van der Waals surface area contributed by atoms with Crippen LogP contribution in [0.4, 0.5) is 5.82 Å². The molecule has 8 heteroatoms. The first-order valence-corrected chi connectivity index (χ1v) is 6.74. The topological polar surface area (TPSA) is 88.9 Å². The van der Waals surface area contributed by atoms with Crippen molar-refractivity contribution in [3.63, 3.8) is 0 Å². The minimum Gasteiger partial charge on any atom is -0.354 e. The van der Waals surface area contributed by atoms with Crippen LogP contribution in [0.3, 0.4) is 0 Å². The van der Waals surface area contributed by atoms with Gasteiger partial charge in [-0.05, 0) is 5.56 Å². The van der Waals surface area contributed by atoms with Gasteiger partial charge in [0.1, 0.15) is 5.88 Å². The molecule has 1 aromatic carbocycles. The van der Waals surface area contributed by atoms with Crippen molar-refractivity contribution < 1.29 is 9.59 Å². The number of amides is 2. The minimum absolute atomic E-state index is 0.0481. The predicted molar refractivity (Wildman–Crippen MR) is 78.3 cm³/mol. The van der Waals surface area contributed by atoms with Gasteiger partial charge in [-0.2, -0.15) is 0 Å². The number of nitrogens with one attached hydrogen (secondary N) is 2. The minimum atomic E-state index is -0.432. The standard InChI is InChI=1S/C13H14ClN5O2/c1-15-13(21)11-12(16-10(20)7-14)19(18-17-11)8-9-5-3-2-4-6-9/h2-6H,7-8H2,1H3,(H,15,21)(H,16,20). The zero-order valence-corrected chi connectivity index (χ0v) is 12.1. The Morgan fingerprint density at radius 2 is 2.00 bits per heavy atom. The van der Waals surface area contributed by atoms with E-state index >= 15 is 0 Å². The van der Waals surface area contributed by atoms with Gasteiger partial charge in [0.05, 0.1) is 6.54 Å². The van der Waals surface area contributed by atoms with E-state index < -0.39 is 11.8 Å². The number of anilines is 1. The van der Waals surface area contributed by atoms with Gasteiger partial charge in [0, 0.05) is 7.05 Å². The molecule has 7 nitrogen and oxygen atoms in total. The van der Waals surface area contributed by atoms with Crippen LogP contribution in [0.15, 0.2) is 30.3 Å². The van der Waals surface area contributed by atoms with Crippen molar-refractivity contribution in [3.8, 4) is 0 Å². The molecule has 0 fully saturated rings. The normalized spacial score (nSPS) is 10.2. The third-order valence-electron chi connectivity index (χ3n) is 2.73. The highest BCUT2D eigenvalue weighted by Gasteiger charge is 2.20. The zero-order chi connectivity index (χ0) is 15.2. The first kappa shape index (κ1) is 15.0. The molecule has 21 heavy (non-hydrogen) atoms. The van der Waals surface area contributed by atoms with Gasteiger partial charge in [0.2, 0.25) is 5.91 Å². The SMILES string of the molecule is CNC(=O)c1nnn(Cc2ccccc2)c1NC(=O)CCl. The van der Waals surface area contributed by atoms with Gasteiger partial charge < -0.3 is 10.6 Å².